The lowest BCUT2D eigenvalue weighted by Gasteiger charge is -2.09. The molecule has 0 aliphatic heterocycles. The summed E-state index contributed by atoms with van der Waals surface area (Å²) in [4.78, 5) is 3.17. The quantitative estimate of drug-likeness (QED) is 0.484. The number of alkyl halides is 3. The number of fused-ring (bicyclic) bond motifs is 1. The first-order chi connectivity index (χ1) is 12.3. The van der Waals surface area contributed by atoms with E-state index in [1.165, 1.54) is 24.3 Å². The van der Waals surface area contributed by atoms with Gasteiger partial charge in [0, 0.05) is 23.1 Å². The largest absolute Gasteiger partial charge is 0.573 e. The van der Waals surface area contributed by atoms with Gasteiger partial charge in [-0.3, -0.25) is 0 Å². The van der Waals surface area contributed by atoms with Gasteiger partial charge in [-0.2, -0.15) is 0 Å². The van der Waals surface area contributed by atoms with Gasteiger partial charge in [0.25, 0.3) is 0 Å². The van der Waals surface area contributed by atoms with Gasteiger partial charge in [-0.1, -0.05) is 12.1 Å². The van der Waals surface area contributed by atoms with Gasteiger partial charge in [0.2, 0.25) is 0 Å². The molecule has 0 unspecified atom stereocenters. The Balaban J connectivity index is 1.68. The fraction of sp³-hybridized carbons (Fsp3) is 0.263. The average Bonchev–Trinajstić information content (AvgIpc) is 2.85. The highest BCUT2D eigenvalue weighted by Crippen LogP contribution is 2.29. The second-order valence-corrected chi connectivity index (χ2v) is 6.04. The van der Waals surface area contributed by atoms with E-state index in [0.717, 1.165) is 22.3 Å². The van der Waals surface area contributed by atoms with Crippen LogP contribution in [0.3, 0.4) is 0 Å². The maximum Gasteiger partial charge on any atom is 0.573 e. The van der Waals surface area contributed by atoms with Crippen molar-refractivity contribution >= 4 is 10.9 Å². The highest BCUT2D eigenvalue weighted by Gasteiger charge is 2.31. The molecular formula is C19H18F4N2O. The first-order valence-electron chi connectivity index (χ1n) is 8.14. The summed E-state index contributed by atoms with van der Waals surface area (Å²) >= 11 is 0. The average molecular weight is 366 g/mol. The first-order valence-corrected chi connectivity index (χ1v) is 8.14. The minimum atomic E-state index is -4.72. The molecule has 2 N–H and O–H groups in total. The number of hydrogen-bond acceptors (Lipinski definition) is 2. The van der Waals surface area contributed by atoms with Gasteiger partial charge < -0.3 is 15.0 Å². The number of aromatic nitrogens is 1. The third kappa shape index (κ3) is 4.54. The second-order valence-electron chi connectivity index (χ2n) is 6.04. The van der Waals surface area contributed by atoms with Crippen LogP contribution < -0.4 is 10.1 Å². The van der Waals surface area contributed by atoms with E-state index in [0.29, 0.717) is 24.9 Å². The molecule has 0 atom stereocenters. The van der Waals surface area contributed by atoms with Crippen molar-refractivity contribution in [3.8, 4) is 5.75 Å². The fourth-order valence-corrected chi connectivity index (χ4v) is 2.97. The maximum absolute atomic E-state index is 13.2. The normalized spacial score (nSPS) is 11.9. The van der Waals surface area contributed by atoms with E-state index in [2.05, 4.69) is 15.0 Å². The fourth-order valence-electron chi connectivity index (χ4n) is 2.97. The van der Waals surface area contributed by atoms with E-state index in [1.807, 2.05) is 13.0 Å². The topological polar surface area (TPSA) is 37.0 Å². The SMILES string of the molecule is Cc1[nH]c2ccc(OC(F)(F)F)cc2c1CCNCc1cccc(F)c1. The molecule has 0 aliphatic rings. The van der Waals surface area contributed by atoms with Crippen molar-refractivity contribution in [3.63, 3.8) is 0 Å². The van der Waals surface area contributed by atoms with Crippen molar-refractivity contribution in [2.24, 2.45) is 0 Å². The van der Waals surface area contributed by atoms with Crippen molar-refractivity contribution in [1.29, 1.82) is 0 Å². The van der Waals surface area contributed by atoms with E-state index in [4.69, 9.17) is 0 Å². The summed E-state index contributed by atoms with van der Waals surface area (Å²) in [6, 6.07) is 10.6. The van der Waals surface area contributed by atoms with Gasteiger partial charge >= 0.3 is 6.36 Å². The third-order valence-corrected chi connectivity index (χ3v) is 4.09. The van der Waals surface area contributed by atoms with Crippen LogP contribution in [0.25, 0.3) is 10.9 Å². The Labute approximate surface area is 148 Å². The van der Waals surface area contributed by atoms with Crippen LogP contribution >= 0.6 is 0 Å². The number of hydrogen-bond donors (Lipinski definition) is 2. The van der Waals surface area contributed by atoms with Gasteiger partial charge in [0.05, 0.1) is 0 Å². The molecule has 26 heavy (non-hydrogen) atoms. The van der Waals surface area contributed by atoms with Gasteiger partial charge in [-0.15, -0.1) is 13.2 Å². The van der Waals surface area contributed by atoms with Crippen LogP contribution in [0, 0.1) is 12.7 Å². The summed E-state index contributed by atoms with van der Waals surface area (Å²) in [5, 5.41) is 3.93. The Morgan fingerprint density at radius 3 is 2.65 bits per heavy atom. The lowest BCUT2D eigenvalue weighted by Crippen LogP contribution is -2.17. The second kappa shape index (κ2) is 7.37. The molecule has 3 aromatic rings. The van der Waals surface area contributed by atoms with E-state index in [9.17, 15) is 17.6 Å². The van der Waals surface area contributed by atoms with Crippen LogP contribution in [-0.2, 0) is 13.0 Å². The van der Waals surface area contributed by atoms with Gasteiger partial charge in [0.15, 0.2) is 0 Å². The molecular weight excluding hydrogens is 348 g/mol. The maximum atomic E-state index is 13.2. The summed E-state index contributed by atoms with van der Waals surface area (Å²) in [5.74, 6) is -0.521. The summed E-state index contributed by atoms with van der Waals surface area (Å²) in [6.07, 6.45) is -4.09. The number of rotatable bonds is 6. The van der Waals surface area contributed by atoms with Gasteiger partial charge in [0.1, 0.15) is 11.6 Å². The third-order valence-electron chi connectivity index (χ3n) is 4.09. The zero-order chi connectivity index (χ0) is 18.7. The molecule has 0 fully saturated rings. The van der Waals surface area contributed by atoms with Crippen LogP contribution in [0.1, 0.15) is 16.8 Å². The molecule has 2 aromatic carbocycles. The molecule has 1 heterocycles. The van der Waals surface area contributed by atoms with Crippen LogP contribution in [0.5, 0.6) is 5.75 Å². The minimum Gasteiger partial charge on any atom is -0.406 e. The molecule has 0 radical (unpaired) electrons. The van der Waals surface area contributed by atoms with Crippen molar-refractivity contribution < 1.29 is 22.3 Å². The smallest absolute Gasteiger partial charge is 0.406 e. The zero-order valence-corrected chi connectivity index (χ0v) is 14.1. The van der Waals surface area contributed by atoms with Crippen molar-refractivity contribution in [1.82, 2.24) is 10.3 Å². The molecule has 1 aromatic heterocycles. The predicted molar refractivity (Wildman–Crippen MR) is 91.5 cm³/mol. The number of H-pyrrole nitrogens is 1. The van der Waals surface area contributed by atoms with Crippen molar-refractivity contribution in [2.45, 2.75) is 26.3 Å². The summed E-state index contributed by atoms with van der Waals surface area (Å²) in [6.45, 7) is 3.00. The molecule has 7 heteroatoms. The Hall–Kier alpha value is -2.54. The standard InChI is InChI=1S/C19H18F4N2O/c1-12-16(7-8-24-11-13-3-2-4-14(20)9-13)17-10-15(26-19(21,22)23)5-6-18(17)25-12/h2-6,9-10,24-25H,7-8,11H2,1H3. The highest BCUT2D eigenvalue weighted by molar-refractivity contribution is 5.86. The Bertz CT molecular complexity index is 902. The van der Waals surface area contributed by atoms with E-state index in [1.54, 1.807) is 12.1 Å². The van der Waals surface area contributed by atoms with Crippen molar-refractivity contribution in [2.75, 3.05) is 6.54 Å². The van der Waals surface area contributed by atoms with E-state index in [-0.39, 0.29) is 11.6 Å². The highest BCUT2D eigenvalue weighted by atomic mass is 19.4. The van der Waals surface area contributed by atoms with Crippen LogP contribution in [-0.4, -0.2) is 17.9 Å². The first kappa shape index (κ1) is 18.3. The van der Waals surface area contributed by atoms with E-state index >= 15 is 0 Å². The van der Waals surface area contributed by atoms with Crippen molar-refractivity contribution in [3.05, 3.63) is 65.1 Å². The number of nitrogens with one attached hydrogen (secondary N) is 2. The molecule has 0 amide bonds. The number of aryl methyl sites for hydroxylation is 1. The number of ether oxygens (including phenoxy) is 1. The molecule has 0 bridgehead atoms. The molecule has 0 saturated heterocycles. The minimum absolute atomic E-state index is 0.238. The van der Waals surface area contributed by atoms with Crippen LogP contribution in [0.4, 0.5) is 17.6 Å². The van der Waals surface area contributed by atoms with Gasteiger partial charge in [-0.05, 0) is 61.3 Å². The van der Waals surface area contributed by atoms with Crippen LogP contribution in [0.15, 0.2) is 42.5 Å². The molecule has 3 rings (SSSR count). The molecule has 0 saturated carbocycles. The molecule has 138 valence electrons. The zero-order valence-electron chi connectivity index (χ0n) is 14.1. The summed E-state index contributed by atoms with van der Waals surface area (Å²) in [7, 11) is 0. The predicted octanol–water partition coefficient (Wildman–Crippen LogP) is 4.85. The molecule has 0 spiro atoms. The summed E-state index contributed by atoms with van der Waals surface area (Å²) < 4.78 is 54.4. The van der Waals surface area contributed by atoms with E-state index < -0.39 is 6.36 Å². The Morgan fingerprint density at radius 1 is 1.12 bits per heavy atom. The summed E-state index contributed by atoms with van der Waals surface area (Å²) in [5.41, 5.74) is 3.43. The van der Waals surface area contributed by atoms with Gasteiger partial charge in [-0.25, -0.2) is 4.39 Å². The lowest BCUT2D eigenvalue weighted by atomic mass is 10.1. The number of benzene rings is 2. The lowest BCUT2D eigenvalue weighted by molar-refractivity contribution is -0.274. The number of halogens is 4. The monoisotopic (exact) mass is 366 g/mol. The number of aromatic amines is 1. The molecule has 0 aliphatic carbocycles. The Kier molecular flexibility index (Phi) is 5.18. The molecule has 3 nitrogen and oxygen atoms in total. The van der Waals surface area contributed by atoms with Crippen LogP contribution in [0.2, 0.25) is 0 Å². The Morgan fingerprint density at radius 2 is 1.92 bits per heavy atom.